The van der Waals surface area contributed by atoms with E-state index in [1.807, 2.05) is 18.2 Å². The van der Waals surface area contributed by atoms with Gasteiger partial charge in [0.2, 0.25) is 0 Å². The molecule has 3 nitrogen and oxygen atoms in total. The van der Waals surface area contributed by atoms with E-state index < -0.39 is 7.14 Å². The first-order chi connectivity index (χ1) is 6.71. The lowest BCUT2D eigenvalue weighted by Crippen LogP contribution is -2.07. The van der Waals surface area contributed by atoms with Crippen LogP contribution in [0.2, 0.25) is 0 Å². The molecule has 0 aliphatic carbocycles. The Balaban J connectivity index is 2.58. The number of methoxy groups -OCH3 is 2. The Morgan fingerprint density at radius 2 is 1.64 bits per heavy atom. The van der Waals surface area contributed by atoms with Crippen LogP contribution in [0.5, 0.6) is 11.5 Å². The highest BCUT2D eigenvalue weighted by molar-refractivity contribution is 7.78. The lowest BCUT2D eigenvalue weighted by atomic mass is 10.3. The molecule has 1 heterocycles. The maximum Gasteiger partial charge on any atom is 0.133 e. The number of ether oxygens (including phenoxy) is 2. The Morgan fingerprint density at radius 3 is 2.00 bits per heavy atom. The number of benzene rings is 1. The number of hydrogen-bond donors (Lipinski definition) is 0. The molecule has 1 saturated heterocycles. The van der Waals surface area contributed by atoms with Crippen molar-refractivity contribution in [1.29, 1.82) is 0 Å². The Labute approximate surface area is 83.4 Å². The Kier molecular flexibility index (Phi) is 2.28. The summed E-state index contributed by atoms with van der Waals surface area (Å²) in [7, 11) is 1.06. The molecule has 0 bridgehead atoms. The highest BCUT2D eigenvalue weighted by Gasteiger charge is 2.42. The molecule has 1 aliphatic heterocycles. The van der Waals surface area contributed by atoms with Crippen molar-refractivity contribution >= 4 is 12.4 Å². The predicted octanol–water partition coefficient (Wildman–Crippen LogP) is 1.71. The molecule has 0 saturated carbocycles. The molecule has 1 aliphatic rings. The van der Waals surface area contributed by atoms with E-state index in [9.17, 15) is 4.57 Å². The van der Waals surface area contributed by atoms with Gasteiger partial charge < -0.3 is 14.0 Å². The summed E-state index contributed by atoms with van der Waals surface area (Å²) >= 11 is 0. The molecule has 0 aromatic heterocycles. The van der Waals surface area contributed by atoms with Crippen molar-refractivity contribution in [3.63, 3.8) is 0 Å². The zero-order valence-electron chi connectivity index (χ0n) is 8.32. The van der Waals surface area contributed by atoms with Gasteiger partial charge in [-0.1, -0.05) is 6.07 Å². The van der Waals surface area contributed by atoms with E-state index >= 15 is 0 Å². The van der Waals surface area contributed by atoms with Gasteiger partial charge in [-0.2, -0.15) is 0 Å². The average Bonchev–Trinajstić information content (AvgIpc) is 2.96. The fourth-order valence-electron chi connectivity index (χ4n) is 1.55. The molecule has 0 unspecified atom stereocenters. The highest BCUT2D eigenvalue weighted by Crippen LogP contribution is 2.61. The third-order valence-corrected chi connectivity index (χ3v) is 4.95. The van der Waals surface area contributed by atoms with Crippen LogP contribution in [0.3, 0.4) is 0 Å². The maximum absolute atomic E-state index is 12.1. The molecular formula is C10H13O3P. The Hall–Kier alpha value is -0.950. The number of hydrogen-bond acceptors (Lipinski definition) is 3. The van der Waals surface area contributed by atoms with Crippen LogP contribution in [0.1, 0.15) is 0 Å². The van der Waals surface area contributed by atoms with Crippen LogP contribution < -0.4 is 14.8 Å². The molecule has 0 atom stereocenters. The van der Waals surface area contributed by atoms with Crippen LogP contribution >= 0.6 is 7.14 Å². The Bertz CT molecular complexity index is 370. The second-order valence-electron chi connectivity index (χ2n) is 3.35. The van der Waals surface area contributed by atoms with Gasteiger partial charge in [-0.3, -0.25) is 0 Å². The van der Waals surface area contributed by atoms with Crippen LogP contribution in [-0.4, -0.2) is 26.5 Å². The van der Waals surface area contributed by atoms with E-state index in [0.717, 1.165) is 17.6 Å². The van der Waals surface area contributed by atoms with Crippen molar-refractivity contribution in [2.75, 3.05) is 26.5 Å². The molecular weight excluding hydrogens is 199 g/mol. The van der Waals surface area contributed by atoms with E-state index in [1.54, 1.807) is 14.2 Å². The molecule has 1 fully saturated rings. The molecule has 1 aromatic rings. The first-order valence-electron chi connectivity index (χ1n) is 4.51. The summed E-state index contributed by atoms with van der Waals surface area (Å²) in [5.41, 5.74) is 0. The lowest BCUT2D eigenvalue weighted by molar-refractivity contribution is 0.400. The molecule has 0 spiro atoms. The fraction of sp³-hybridized carbons (Fsp3) is 0.400. The van der Waals surface area contributed by atoms with Gasteiger partial charge in [-0.15, -0.1) is 0 Å². The zero-order valence-corrected chi connectivity index (χ0v) is 9.21. The van der Waals surface area contributed by atoms with Gasteiger partial charge in [0.15, 0.2) is 0 Å². The zero-order chi connectivity index (χ0) is 10.2. The normalized spacial score (nSPS) is 17.6. The van der Waals surface area contributed by atoms with E-state index in [4.69, 9.17) is 9.47 Å². The van der Waals surface area contributed by atoms with Crippen LogP contribution in [0.25, 0.3) is 0 Å². The van der Waals surface area contributed by atoms with E-state index in [0.29, 0.717) is 11.5 Å². The molecule has 2 rings (SSSR count). The average molecular weight is 212 g/mol. The van der Waals surface area contributed by atoms with Gasteiger partial charge >= 0.3 is 0 Å². The molecule has 0 radical (unpaired) electrons. The monoisotopic (exact) mass is 212 g/mol. The van der Waals surface area contributed by atoms with Crippen LogP contribution in [-0.2, 0) is 4.57 Å². The molecule has 4 heteroatoms. The Morgan fingerprint density at radius 1 is 1.14 bits per heavy atom. The minimum Gasteiger partial charge on any atom is -0.496 e. The first kappa shape index (κ1) is 9.60. The second kappa shape index (κ2) is 3.32. The van der Waals surface area contributed by atoms with E-state index in [2.05, 4.69) is 0 Å². The molecule has 14 heavy (non-hydrogen) atoms. The maximum atomic E-state index is 12.1. The van der Waals surface area contributed by atoms with Gasteiger partial charge in [-0.25, -0.2) is 0 Å². The van der Waals surface area contributed by atoms with Crippen molar-refractivity contribution in [1.82, 2.24) is 0 Å². The van der Waals surface area contributed by atoms with Gasteiger partial charge in [0.05, 0.1) is 19.5 Å². The first-order valence-corrected chi connectivity index (χ1v) is 6.58. The van der Waals surface area contributed by atoms with Crippen LogP contribution in [0, 0.1) is 0 Å². The molecule has 0 N–H and O–H groups in total. The second-order valence-corrected chi connectivity index (χ2v) is 6.47. The van der Waals surface area contributed by atoms with E-state index in [-0.39, 0.29) is 0 Å². The SMILES string of the molecule is COc1cccc(OC)c1P1(=O)CC1. The summed E-state index contributed by atoms with van der Waals surface area (Å²) in [4.78, 5) is 0. The highest BCUT2D eigenvalue weighted by atomic mass is 31.2. The van der Waals surface area contributed by atoms with Gasteiger partial charge in [0.1, 0.15) is 18.6 Å². The van der Waals surface area contributed by atoms with Gasteiger partial charge in [0.25, 0.3) is 0 Å². The van der Waals surface area contributed by atoms with Crippen LogP contribution in [0.15, 0.2) is 18.2 Å². The predicted molar refractivity (Wildman–Crippen MR) is 56.5 cm³/mol. The van der Waals surface area contributed by atoms with Gasteiger partial charge in [-0.05, 0) is 12.1 Å². The summed E-state index contributed by atoms with van der Waals surface area (Å²) in [6.07, 6.45) is 1.56. The fourth-order valence-corrected chi connectivity index (χ4v) is 3.86. The van der Waals surface area contributed by atoms with E-state index in [1.165, 1.54) is 0 Å². The lowest BCUT2D eigenvalue weighted by Gasteiger charge is -2.11. The van der Waals surface area contributed by atoms with Crippen molar-refractivity contribution in [2.45, 2.75) is 0 Å². The quantitative estimate of drug-likeness (QED) is 0.715. The van der Waals surface area contributed by atoms with Crippen LogP contribution in [0.4, 0.5) is 0 Å². The molecule has 76 valence electrons. The summed E-state index contributed by atoms with van der Waals surface area (Å²) < 4.78 is 22.5. The topological polar surface area (TPSA) is 35.5 Å². The van der Waals surface area contributed by atoms with Crippen molar-refractivity contribution in [3.8, 4) is 11.5 Å². The summed E-state index contributed by atoms with van der Waals surface area (Å²) in [5.74, 6) is 1.37. The third-order valence-electron chi connectivity index (χ3n) is 2.44. The summed E-state index contributed by atoms with van der Waals surface area (Å²) in [6.45, 7) is 0. The minimum atomic E-state index is -2.13. The van der Waals surface area contributed by atoms with Crippen molar-refractivity contribution in [3.05, 3.63) is 18.2 Å². The van der Waals surface area contributed by atoms with Gasteiger partial charge in [0, 0.05) is 12.3 Å². The third kappa shape index (κ3) is 1.42. The molecule has 1 aromatic carbocycles. The smallest absolute Gasteiger partial charge is 0.133 e. The van der Waals surface area contributed by atoms with Crippen molar-refractivity contribution < 1.29 is 14.0 Å². The largest absolute Gasteiger partial charge is 0.496 e. The molecule has 0 amide bonds. The summed E-state index contributed by atoms with van der Waals surface area (Å²) in [6, 6.07) is 5.50. The minimum absolute atomic E-state index is 0.685. The standard InChI is InChI=1S/C10H13O3P/c1-12-8-4-3-5-9(13-2)10(8)14(11)6-7-14/h3-5H,6-7H2,1-2H3. The summed E-state index contributed by atoms with van der Waals surface area (Å²) in [5, 5.41) is 0.782. The van der Waals surface area contributed by atoms with Crippen molar-refractivity contribution in [2.24, 2.45) is 0 Å². The number of rotatable bonds is 3.